The van der Waals surface area contributed by atoms with Crippen molar-refractivity contribution in [3.8, 4) is 11.5 Å². The molecule has 5 nitrogen and oxygen atoms in total. The highest BCUT2D eigenvalue weighted by molar-refractivity contribution is 6.35. The Bertz CT molecular complexity index is 748. The summed E-state index contributed by atoms with van der Waals surface area (Å²) in [6.45, 7) is 1.48. The van der Waals surface area contributed by atoms with E-state index >= 15 is 0 Å². The number of phenols is 1. The number of carbonyl (C=O) groups excluding carboxylic acids is 1. The molecule has 1 amide bonds. The van der Waals surface area contributed by atoms with Gasteiger partial charge in [-0.25, -0.2) is 5.43 Å². The lowest BCUT2D eigenvalue weighted by molar-refractivity contribution is -0.123. The van der Waals surface area contributed by atoms with Gasteiger partial charge in [-0.1, -0.05) is 35.3 Å². The molecule has 0 unspecified atom stereocenters. The van der Waals surface area contributed by atoms with E-state index in [-0.39, 0.29) is 12.4 Å². The fourth-order valence-corrected chi connectivity index (χ4v) is 2.17. The highest BCUT2D eigenvalue weighted by Gasteiger charge is 2.06. The number of phenolic OH excluding ortho intramolecular Hbond substituents is 1. The molecule has 0 aromatic heterocycles. The zero-order valence-corrected chi connectivity index (χ0v) is 13.7. The molecule has 2 N–H and O–H groups in total. The van der Waals surface area contributed by atoms with Crippen molar-refractivity contribution in [1.29, 1.82) is 0 Å². The molecule has 0 saturated heterocycles. The van der Waals surface area contributed by atoms with Crippen LogP contribution in [0.1, 0.15) is 12.5 Å². The number of carbonyl (C=O) groups is 1. The molecule has 0 fully saturated rings. The van der Waals surface area contributed by atoms with E-state index < -0.39 is 5.91 Å². The van der Waals surface area contributed by atoms with Gasteiger partial charge in [0.2, 0.25) is 0 Å². The minimum atomic E-state index is -0.435. The van der Waals surface area contributed by atoms with Crippen molar-refractivity contribution in [2.75, 3.05) is 6.61 Å². The van der Waals surface area contributed by atoms with Crippen LogP contribution in [0.2, 0.25) is 10.0 Å². The van der Waals surface area contributed by atoms with Crippen LogP contribution in [0.25, 0.3) is 0 Å². The first-order chi connectivity index (χ1) is 11.0. The maximum atomic E-state index is 11.7. The summed E-state index contributed by atoms with van der Waals surface area (Å²) in [5.74, 6) is 0.0551. The summed E-state index contributed by atoms with van der Waals surface area (Å²) < 4.78 is 5.30. The van der Waals surface area contributed by atoms with E-state index in [0.717, 1.165) is 0 Å². The maximum absolute atomic E-state index is 11.7. The molecule has 2 aromatic rings. The molecule has 0 spiro atoms. The third-order valence-corrected chi connectivity index (χ3v) is 3.40. The first-order valence-corrected chi connectivity index (χ1v) is 7.41. The molecule has 0 saturated carbocycles. The number of hydrogen-bond donors (Lipinski definition) is 2. The van der Waals surface area contributed by atoms with Crippen LogP contribution in [0.3, 0.4) is 0 Å². The molecular weight excluding hydrogens is 339 g/mol. The molecule has 2 aromatic carbocycles. The number of hydrazone groups is 1. The molecule has 23 heavy (non-hydrogen) atoms. The monoisotopic (exact) mass is 352 g/mol. The van der Waals surface area contributed by atoms with Crippen molar-refractivity contribution in [3.05, 3.63) is 58.1 Å². The molecule has 0 aliphatic carbocycles. The van der Waals surface area contributed by atoms with Crippen LogP contribution in [0.4, 0.5) is 0 Å². The van der Waals surface area contributed by atoms with Crippen LogP contribution in [0.15, 0.2) is 47.6 Å². The zero-order valence-electron chi connectivity index (χ0n) is 12.2. The molecule has 0 aliphatic rings. The van der Waals surface area contributed by atoms with Gasteiger partial charge in [-0.3, -0.25) is 4.79 Å². The summed E-state index contributed by atoms with van der Waals surface area (Å²) in [7, 11) is 0. The molecular formula is C16H14Cl2N2O3. The van der Waals surface area contributed by atoms with Crippen molar-refractivity contribution in [1.82, 2.24) is 5.43 Å². The quantitative estimate of drug-likeness (QED) is 0.637. The first-order valence-electron chi connectivity index (χ1n) is 6.66. The average molecular weight is 353 g/mol. The van der Waals surface area contributed by atoms with Crippen molar-refractivity contribution >= 4 is 34.8 Å². The van der Waals surface area contributed by atoms with Gasteiger partial charge in [-0.2, -0.15) is 5.10 Å². The Morgan fingerprint density at radius 1 is 1.26 bits per heavy atom. The SMILES string of the molecule is C/C(=N\NC(=O)COc1ccc(Cl)cc1Cl)c1cccc(O)c1. The number of halogens is 2. The Balaban J connectivity index is 1.90. The summed E-state index contributed by atoms with van der Waals surface area (Å²) in [6, 6.07) is 11.3. The van der Waals surface area contributed by atoms with Crippen LogP contribution >= 0.6 is 23.2 Å². The Morgan fingerprint density at radius 3 is 2.74 bits per heavy atom. The maximum Gasteiger partial charge on any atom is 0.277 e. The summed E-state index contributed by atoms with van der Waals surface area (Å²) in [5, 5.41) is 14.2. The van der Waals surface area contributed by atoms with Crippen LogP contribution < -0.4 is 10.2 Å². The smallest absolute Gasteiger partial charge is 0.277 e. The molecule has 0 radical (unpaired) electrons. The van der Waals surface area contributed by atoms with Gasteiger partial charge >= 0.3 is 0 Å². The molecule has 2 rings (SSSR count). The van der Waals surface area contributed by atoms with Gasteiger partial charge in [0.05, 0.1) is 10.7 Å². The molecule has 0 aliphatic heterocycles. The van der Waals surface area contributed by atoms with E-state index in [2.05, 4.69) is 10.5 Å². The van der Waals surface area contributed by atoms with E-state index in [1.807, 2.05) is 0 Å². The van der Waals surface area contributed by atoms with Gasteiger partial charge in [0.15, 0.2) is 6.61 Å². The Hall–Kier alpha value is -2.24. The standard InChI is InChI=1S/C16H14Cl2N2O3/c1-10(11-3-2-4-13(21)7-11)19-20-16(22)9-23-15-6-5-12(17)8-14(15)18/h2-8,21H,9H2,1H3,(H,20,22)/b19-10+. The van der Waals surface area contributed by atoms with Gasteiger partial charge in [0.25, 0.3) is 5.91 Å². The Kier molecular flexibility index (Phi) is 5.84. The van der Waals surface area contributed by atoms with Gasteiger partial charge in [0.1, 0.15) is 11.5 Å². The van der Waals surface area contributed by atoms with Gasteiger partial charge in [-0.15, -0.1) is 0 Å². The van der Waals surface area contributed by atoms with E-state index in [4.69, 9.17) is 27.9 Å². The molecule has 0 bridgehead atoms. The summed E-state index contributed by atoms with van der Waals surface area (Å²) in [4.78, 5) is 11.7. The number of nitrogens with one attached hydrogen (secondary N) is 1. The van der Waals surface area contributed by atoms with E-state index in [9.17, 15) is 9.90 Å². The van der Waals surface area contributed by atoms with Crippen molar-refractivity contribution in [2.24, 2.45) is 5.10 Å². The highest BCUT2D eigenvalue weighted by Crippen LogP contribution is 2.27. The molecule has 120 valence electrons. The van der Waals surface area contributed by atoms with Crippen LogP contribution in [0.5, 0.6) is 11.5 Å². The molecule has 7 heteroatoms. The minimum Gasteiger partial charge on any atom is -0.508 e. The van der Waals surface area contributed by atoms with Crippen molar-refractivity contribution in [2.45, 2.75) is 6.92 Å². The topological polar surface area (TPSA) is 70.9 Å². The number of nitrogens with zero attached hydrogens (tertiary/aromatic N) is 1. The second kappa shape index (κ2) is 7.85. The predicted octanol–water partition coefficient (Wildman–Crippen LogP) is 3.62. The lowest BCUT2D eigenvalue weighted by atomic mass is 10.1. The Labute approximate surface area is 143 Å². The first kappa shape index (κ1) is 17.1. The third-order valence-electron chi connectivity index (χ3n) is 2.86. The van der Waals surface area contributed by atoms with E-state index in [1.54, 1.807) is 43.3 Å². The van der Waals surface area contributed by atoms with E-state index in [0.29, 0.717) is 27.1 Å². The second-order valence-corrected chi connectivity index (χ2v) is 5.49. The van der Waals surface area contributed by atoms with Crippen molar-refractivity contribution < 1.29 is 14.6 Å². The summed E-state index contributed by atoms with van der Waals surface area (Å²) in [6.07, 6.45) is 0. The number of aromatic hydroxyl groups is 1. The van der Waals surface area contributed by atoms with Crippen LogP contribution in [0, 0.1) is 0 Å². The van der Waals surface area contributed by atoms with Crippen molar-refractivity contribution in [3.63, 3.8) is 0 Å². The summed E-state index contributed by atoms with van der Waals surface area (Å²) >= 11 is 11.7. The zero-order chi connectivity index (χ0) is 16.8. The molecule has 0 heterocycles. The van der Waals surface area contributed by atoms with Gasteiger partial charge in [-0.05, 0) is 37.3 Å². The second-order valence-electron chi connectivity index (χ2n) is 4.65. The lowest BCUT2D eigenvalue weighted by Crippen LogP contribution is -2.25. The number of hydrogen-bond acceptors (Lipinski definition) is 4. The third kappa shape index (κ3) is 5.16. The van der Waals surface area contributed by atoms with E-state index in [1.165, 1.54) is 6.07 Å². The lowest BCUT2D eigenvalue weighted by Gasteiger charge is -2.07. The Morgan fingerprint density at radius 2 is 2.04 bits per heavy atom. The number of amides is 1. The molecule has 0 atom stereocenters. The number of rotatable bonds is 5. The fraction of sp³-hybridized carbons (Fsp3) is 0.125. The predicted molar refractivity (Wildman–Crippen MR) is 90.4 cm³/mol. The van der Waals surface area contributed by atoms with Gasteiger partial charge in [0, 0.05) is 10.6 Å². The average Bonchev–Trinajstić information content (AvgIpc) is 2.51. The normalized spacial score (nSPS) is 11.2. The number of ether oxygens (including phenoxy) is 1. The van der Waals surface area contributed by atoms with Gasteiger partial charge < -0.3 is 9.84 Å². The minimum absolute atomic E-state index is 0.129. The summed E-state index contributed by atoms with van der Waals surface area (Å²) in [5.41, 5.74) is 3.63. The van der Waals surface area contributed by atoms with Crippen LogP contribution in [-0.2, 0) is 4.79 Å². The highest BCUT2D eigenvalue weighted by atomic mass is 35.5. The fourth-order valence-electron chi connectivity index (χ4n) is 1.71. The van der Waals surface area contributed by atoms with Crippen LogP contribution in [-0.4, -0.2) is 23.3 Å². The largest absolute Gasteiger partial charge is 0.508 e. The number of benzene rings is 2.